The summed E-state index contributed by atoms with van der Waals surface area (Å²) in [5.41, 5.74) is 9.05. The van der Waals surface area contributed by atoms with Crippen molar-refractivity contribution in [2.45, 2.75) is 156 Å². The summed E-state index contributed by atoms with van der Waals surface area (Å²) in [5, 5.41) is 132. The number of phenols is 3. The number of carboxylic acid groups (broad SMARTS) is 1. The number of aliphatic hydroxyl groups is 6. The predicted octanol–water partition coefficient (Wildman–Crippen LogP) is 0.580. The number of rotatable bonds is 13. The minimum absolute atomic E-state index is 0.0676. The molecule has 100 heavy (non-hydrogen) atoms. The van der Waals surface area contributed by atoms with Gasteiger partial charge in [0.15, 0.2) is 29.9 Å². The minimum Gasteiger partial charge on any atom is -0.508 e. The number of fused-ring (bicyclic) bond motifs is 15. The van der Waals surface area contributed by atoms with Crippen LogP contribution in [-0.2, 0) is 47.8 Å². The van der Waals surface area contributed by atoms with Gasteiger partial charge in [0.2, 0.25) is 47.5 Å². The fourth-order valence-corrected chi connectivity index (χ4v) is 13.0. The number of hydrogen-bond donors (Lipinski definition) is 19. The fourth-order valence-electron chi connectivity index (χ4n) is 12.6. The van der Waals surface area contributed by atoms with Crippen LogP contribution in [0.3, 0.4) is 0 Å². The number of primary amides is 1. The molecule has 6 amide bonds. The Morgan fingerprint density at radius 2 is 1.39 bits per heavy atom. The number of carbonyl (C=O) groups excluding carboxylic acids is 6. The topological polar surface area (TPSA) is 513 Å². The van der Waals surface area contributed by atoms with Gasteiger partial charge in [-0.05, 0) is 110 Å². The van der Waals surface area contributed by atoms with E-state index in [-0.39, 0.29) is 68.1 Å². The van der Waals surface area contributed by atoms with Gasteiger partial charge < -0.3 is 123 Å². The molecule has 21 N–H and O–H groups in total. The maximum atomic E-state index is 15.4. The zero-order chi connectivity index (χ0) is 72.7. The van der Waals surface area contributed by atoms with Gasteiger partial charge in [0.1, 0.15) is 83.4 Å². The quantitative estimate of drug-likeness (QED) is 0.0766. The van der Waals surface area contributed by atoms with Crippen LogP contribution >= 0.6 is 23.2 Å². The van der Waals surface area contributed by atoms with E-state index in [0.717, 1.165) is 30.3 Å². The summed E-state index contributed by atoms with van der Waals surface area (Å²) >= 11 is 14.2. The number of carbonyl (C=O) groups is 7. The molecule has 0 radical (unpaired) electrons. The van der Waals surface area contributed by atoms with Gasteiger partial charge in [-0.15, -0.1) is 0 Å². The summed E-state index contributed by atoms with van der Waals surface area (Å²) in [4.78, 5) is 101. The molecule has 32 nitrogen and oxygen atoms in total. The third-order valence-electron chi connectivity index (χ3n) is 17.8. The van der Waals surface area contributed by atoms with Crippen LogP contribution in [0.2, 0.25) is 10.0 Å². The number of halogens is 2. The average molecular weight is 1440 g/mol. The van der Waals surface area contributed by atoms with E-state index in [1.54, 1.807) is 0 Å². The molecule has 0 spiro atoms. The number of nitrogens with one attached hydrogen (secondary N) is 7. The highest BCUT2D eigenvalue weighted by atomic mass is 35.5. The van der Waals surface area contributed by atoms with E-state index in [2.05, 4.69) is 37.2 Å². The number of benzene rings is 5. The van der Waals surface area contributed by atoms with E-state index in [4.69, 9.17) is 63.1 Å². The number of nitrogens with two attached hydrogens (primary N) is 2. The maximum Gasteiger partial charge on any atom is 0.330 e. The highest BCUT2D eigenvalue weighted by Crippen LogP contribution is 2.50. The lowest BCUT2D eigenvalue weighted by Gasteiger charge is -2.47. The highest BCUT2D eigenvalue weighted by Gasteiger charge is 2.51. The van der Waals surface area contributed by atoms with E-state index < -0.39 is 216 Å². The van der Waals surface area contributed by atoms with Gasteiger partial charge >= 0.3 is 5.97 Å². The Kier molecular flexibility index (Phi) is 22.4. The zero-order valence-electron chi connectivity index (χ0n) is 54.1. The summed E-state index contributed by atoms with van der Waals surface area (Å²) in [7, 11) is 1.50. The molecule has 538 valence electrons. The molecule has 5 aromatic carbocycles. The molecule has 0 saturated carbocycles. The molecule has 7 aliphatic heterocycles. The Hall–Kier alpha value is -8.71. The number of phenolic OH excluding ortho intramolecular Hbond substituents is 3. The van der Waals surface area contributed by atoms with E-state index in [0.29, 0.717) is 0 Å². The summed E-state index contributed by atoms with van der Waals surface area (Å²) in [6.07, 6.45) is -17.8. The number of carboxylic acids is 1. The molecular weight excluding hydrogens is 1360 g/mol. The second-order valence-electron chi connectivity index (χ2n) is 25.7. The van der Waals surface area contributed by atoms with Crippen molar-refractivity contribution in [1.82, 2.24) is 37.2 Å². The normalized spacial score (nSPS) is 29.7. The Morgan fingerprint density at radius 1 is 0.750 bits per heavy atom. The Balaban J connectivity index is 1.22. The summed E-state index contributed by atoms with van der Waals surface area (Å²) < 4.78 is 38.6. The largest absolute Gasteiger partial charge is 0.508 e. The zero-order valence-corrected chi connectivity index (χ0v) is 55.6. The number of likely N-dealkylation sites (N-methyl/N-ethyl adjacent to an activating group) is 1. The van der Waals surface area contributed by atoms with E-state index in [1.165, 1.54) is 69.4 Å². The SMILES string of the molecule is CN[C@H](CC(C)C)C(=O)N[C@H]1C(=O)N[C@@H](CC(N)=O)C(=O)N[C@H]2CN[C@H]3C(=O)N[C@H](C(=O)N[C@H](C(=O)O)c4cc(O)cc(O)c4-c4cc3ccc4O)[C@H](O)c3ccc(c(Cl)c3)Oc3cc2cc(c3O[C@@H]2O[C@@H](CO)[C@@H](O)[C@H](O)[C@H]2O[C@H]2C[C@](C)(N)[C@H](O)[C@H](C)O2)Oc2ccc(cc2Cl)[C@H]1O. The van der Waals surface area contributed by atoms with Crippen molar-refractivity contribution in [3.05, 3.63) is 117 Å². The van der Waals surface area contributed by atoms with Crippen molar-refractivity contribution in [2.24, 2.45) is 17.4 Å². The van der Waals surface area contributed by atoms with Gasteiger partial charge in [-0.1, -0.05) is 55.2 Å². The Morgan fingerprint density at radius 3 is 1.98 bits per heavy atom. The molecule has 0 unspecified atom stereocenters. The summed E-state index contributed by atoms with van der Waals surface area (Å²) in [5.74, 6) is -12.9. The average Bonchev–Trinajstić information content (AvgIpc) is 0.772. The van der Waals surface area contributed by atoms with Gasteiger partial charge in [-0.25, -0.2) is 4.79 Å². The van der Waals surface area contributed by atoms with Crippen molar-refractivity contribution in [3.8, 4) is 57.1 Å². The van der Waals surface area contributed by atoms with E-state index >= 15 is 9.59 Å². The lowest BCUT2D eigenvalue weighted by atomic mass is 9.86. The van der Waals surface area contributed by atoms with Gasteiger partial charge in [0, 0.05) is 41.3 Å². The standard InChI is InChI=1S/C66H77Cl2N9O23/c1-24(2)12-35(71-5)59(88)76-50-52(83)27-7-10-40(33(67)14-27)96-42-16-29-17-43(56(42)100-65-57(55(86)54(85)44(23-78)98-65)99-46-21-66(4,70)58(87)25(3)95-46)97-41-11-8-28(15-34(41)68)53(84)51-63(92)75-49(64(93)94)32-18-30(79)19-39(81)47(32)31-13-26(6-9-38(31)80)48(61(90)77-51)72-22-37(29)74-60(89)36(20-45(69)82)73-62(50)91/h6-11,13-19,24-25,35-37,44,46,48-55,57-58,65,71-72,78-81,83-87H,12,20-23,70H2,1-5H3,(H2,69,82)(H,73,91)(H,74,89)(H,75,92)(H,76,88)(H,77,90)(H,93,94)/t25-,35+,36-,37-,44-,46-,48+,49-,50+,51-,52+,53+,54+,55-,57+,58+,65-,66-/m0/s1. The second-order valence-corrected chi connectivity index (χ2v) is 26.5. The van der Waals surface area contributed by atoms with E-state index in [1.807, 2.05) is 13.8 Å². The van der Waals surface area contributed by atoms with Crippen molar-refractivity contribution in [1.29, 1.82) is 0 Å². The first-order valence-corrected chi connectivity index (χ1v) is 32.4. The van der Waals surface area contributed by atoms with E-state index in [9.17, 15) is 75.0 Å². The first-order chi connectivity index (χ1) is 47.2. The first-order valence-electron chi connectivity index (χ1n) is 31.6. The first kappa shape index (κ1) is 74.0. The third kappa shape index (κ3) is 15.7. The van der Waals surface area contributed by atoms with Crippen molar-refractivity contribution < 1.29 is 113 Å². The molecule has 34 heteroatoms. The molecule has 2 fully saturated rings. The molecule has 7 heterocycles. The molecule has 7 aliphatic rings. The van der Waals surface area contributed by atoms with Crippen LogP contribution in [0.25, 0.3) is 11.1 Å². The Bertz CT molecular complexity index is 3980. The molecule has 18 atom stereocenters. The number of ether oxygens (including phenoxy) is 6. The lowest BCUT2D eigenvalue weighted by Crippen LogP contribution is -2.64. The summed E-state index contributed by atoms with van der Waals surface area (Å²) in [6, 6.07) is 2.08. The van der Waals surface area contributed by atoms with Crippen LogP contribution in [0.15, 0.2) is 78.9 Å². The fraction of sp³-hybridized carbons (Fsp3) is 0.439. The van der Waals surface area contributed by atoms with Crippen molar-refractivity contribution in [2.75, 3.05) is 20.2 Å². The van der Waals surface area contributed by atoms with Crippen LogP contribution in [0, 0.1) is 5.92 Å². The smallest absolute Gasteiger partial charge is 0.330 e. The molecule has 0 aromatic heterocycles. The lowest BCUT2D eigenvalue weighted by molar-refractivity contribution is -0.333. The maximum absolute atomic E-state index is 15.4. The van der Waals surface area contributed by atoms with Crippen LogP contribution in [-0.4, -0.2) is 192 Å². The molecule has 11 bridgehead atoms. The second kappa shape index (κ2) is 30.2. The molecule has 2 saturated heterocycles. The van der Waals surface area contributed by atoms with Crippen LogP contribution < -0.4 is 62.9 Å². The van der Waals surface area contributed by atoms with Crippen LogP contribution in [0.1, 0.15) is 105 Å². The number of aliphatic hydroxyl groups excluding tert-OH is 6. The molecule has 12 rings (SSSR count). The Labute approximate surface area is 580 Å². The molecule has 0 aliphatic carbocycles. The summed E-state index contributed by atoms with van der Waals surface area (Å²) in [6.45, 7) is 5.08. The monoisotopic (exact) mass is 1430 g/mol. The van der Waals surface area contributed by atoms with Crippen LogP contribution in [0.5, 0.6) is 46.0 Å². The predicted molar refractivity (Wildman–Crippen MR) is 349 cm³/mol. The number of amides is 6. The van der Waals surface area contributed by atoms with Crippen LogP contribution in [0.4, 0.5) is 0 Å². The van der Waals surface area contributed by atoms with Gasteiger partial charge in [0.05, 0.1) is 47.4 Å². The van der Waals surface area contributed by atoms with Crippen molar-refractivity contribution in [3.63, 3.8) is 0 Å². The molecular formula is C66H77Cl2N9O23. The third-order valence-corrected chi connectivity index (χ3v) is 18.4. The minimum atomic E-state index is -2.19. The highest BCUT2D eigenvalue weighted by molar-refractivity contribution is 6.32. The van der Waals surface area contributed by atoms with Gasteiger partial charge in [0.25, 0.3) is 0 Å². The number of aromatic hydroxyl groups is 3. The van der Waals surface area contributed by atoms with Gasteiger partial charge in [-0.2, -0.15) is 0 Å². The molecule has 5 aromatic rings. The van der Waals surface area contributed by atoms with Gasteiger partial charge in [-0.3, -0.25) is 34.1 Å². The number of aliphatic carboxylic acids is 1. The van der Waals surface area contributed by atoms with Crippen molar-refractivity contribution >= 4 is 64.6 Å². The number of hydrogen-bond acceptors (Lipinski definition) is 25.